The van der Waals surface area contributed by atoms with Gasteiger partial charge in [-0.2, -0.15) is 0 Å². The van der Waals surface area contributed by atoms with Gasteiger partial charge in [0.2, 0.25) is 0 Å². The second-order valence-corrected chi connectivity index (χ2v) is 10.5. The molecule has 0 atom stereocenters. The Morgan fingerprint density at radius 3 is 2.44 bits per heavy atom. The van der Waals surface area contributed by atoms with Crippen LogP contribution in [-0.4, -0.2) is 28.3 Å². The molecule has 5 nitrogen and oxygen atoms in total. The van der Waals surface area contributed by atoms with Crippen LogP contribution in [0.1, 0.15) is 63.4 Å². The predicted molar refractivity (Wildman–Crippen MR) is 139 cm³/mol. The number of hydrogen-bond acceptors (Lipinski definition) is 4. The molecule has 1 amide bonds. The van der Waals surface area contributed by atoms with E-state index < -0.39 is 6.09 Å². The molecule has 3 rings (SSSR count). The number of amides is 1. The summed E-state index contributed by atoms with van der Waals surface area (Å²) in [5, 5.41) is 13.2. The molecule has 0 fully saturated rings. The summed E-state index contributed by atoms with van der Waals surface area (Å²) in [4.78, 5) is 17.5. The van der Waals surface area contributed by atoms with Gasteiger partial charge in [0.05, 0.1) is 5.52 Å². The van der Waals surface area contributed by atoms with Crippen molar-refractivity contribution in [2.75, 3.05) is 6.61 Å². The van der Waals surface area contributed by atoms with Crippen molar-refractivity contribution >= 4 is 17.0 Å². The van der Waals surface area contributed by atoms with Gasteiger partial charge in [-0.15, -0.1) is 0 Å². The molecule has 0 bridgehead atoms. The van der Waals surface area contributed by atoms with Crippen LogP contribution in [0.3, 0.4) is 0 Å². The third kappa shape index (κ3) is 6.80. The van der Waals surface area contributed by atoms with Gasteiger partial charge in [-0.3, -0.25) is 4.98 Å². The van der Waals surface area contributed by atoms with E-state index in [0.717, 1.165) is 51.7 Å². The van der Waals surface area contributed by atoms with Gasteiger partial charge in [-0.25, -0.2) is 4.79 Å². The molecule has 0 unspecified atom stereocenters. The fourth-order valence-corrected chi connectivity index (χ4v) is 4.08. The van der Waals surface area contributed by atoms with Crippen LogP contribution in [0.5, 0.6) is 0 Å². The lowest BCUT2D eigenvalue weighted by atomic mass is 9.90. The minimum Gasteiger partial charge on any atom is -0.445 e. The van der Waals surface area contributed by atoms with E-state index in [9.17, 15) is 9.90 Å². The van der Waals surface area contributed by atoms with Crippen LogP contribution in [0.15, 0.2) is 42.5 Å². The number of fused-ring (bicyclic) bond motifs is 1. The number of nitrogens with zero attached hydrogens (tertiary/aromatic N) is 1. The lowest BCUT2D eigenvalue weighted by Gasteiger charge is -2.22. The van der Waals surface area contributed by atoms with Gasteiger partial charge in [0, 0.05) is 28.8 Å². The fourth-order valence-electron chi connectivity index (χ4n) is 4.08. The molecule has 2 N–H and O–H groups in total. The first-order valence-electron chi connectivity index (χ1n) is 12.1. The van der Waals surface area contributed by atoms with E-state index in [-0.39, 0.29) is 18.8 Å². The number of rotatable bonds is 8. The topological polar surface area (TPSA) is 71.5 Å². The highest BCUT2D eigenvalue weighted by Gasteiger charge is 2.21. The maximum atomic E-state index is 12.5. The summed E-state index contributed by atoms with van der Waals surface area (Å²) in [7, 11) is 0. The van der Waals surface area contributed by atoms with Crippen molar-refractivity contribution in [3.8, 4) is 11.1 Å². The standard InChI is InChI=1S/C29H38N2O3/c1-19(2)16-26-24(18-34-28(33)31-29(4,5)6)27(22-12-9-20(3)10-13-22)23-17-21(8-7-15-32)11-14-25(23)30-26/h9-14,17,19,32H,7-8,15-16,18H2,1-6H3,(H,31,33). The van der Waals surface area contributed by atoms with Crippen LogP contribution < -0.4 is 5.32 Å². The first-order chi connectivity index (χ1) is 16.1. The van der Waals surface area contributed by atoms with Crippen LogP contribution in [0, 0.1) is 12.8 Å². The molecular weight excluding hydrogens is 424 g/mol. The van der Waals surface area contributed by atoms with Gasteiger partial charge in [0.1, 0.15) is 6.61 Å². The molecule has 34 heavy (non-hydrogen) atoms. The highest BCUT2D eigenvalue weighted by molar-refractivity contribution is 5.97. The number of ether oxygens (including phenoxy) is 1. The van der Waals surface area contributed by atoms with E-state index >= 15 is 0 Å². The van der Waals surface area contributed by atoms with Gasteiger partial charge in [-0.05, 0) is 81.7 Å². The Morgan fingerprint density at radius 2 is 1.82 bits per heavy atom. The Morgan fingerprint density at radius 1 is 1.12 bits per heavy atom. The Bertz CT molecular complexity index is 1130. The van der Waals surface area contributed by atoms with Crippen molar-refractivity contribution in [3.63, 3.8) is 0 Å². The molecule has 1 aromatic heterocycles. The molecule has 0 saturated carbocycles. The summed E-state index contributed by atoms with van der Waals surface area (Å²) in [6.45, 7) is 12.5. The van der Waals surface area contributed by atoms with E-state index in [0.29, 0.717) is 12.3 Å². The van der Waals surface area contributed by atoms with Crippen molar-refractivity contribution in [3.05, 3.63) is 64.8 Å². The summed E-state index contributed by atoms with van der Waals surface area (Å²) >= 11 is 0. The Labute approximate surface area is 203 Å². The van der Waals surface area contributed by atoms with Crippen molar-refractivity contribution < 1.29 is 14.6 Å². The van der Waals surface area contributed by atoms with Crippen molar-refractivity contribution in [1.29, 1.82) is 0 Å². The number of aliphatic hydroxyl groups excluding tert-OH is 1. The van der Waals surface area contributed by atoms with Gasteiger partial charge >= 0.3 is 6.09 Å². The largest absolute Gasteiger partial charge is 0.445 e. The summed E-state index contributed by atoms with van der Waals surface area (Å²) < 4.78 is 5.73. The maximum absolute atomic E-state index is 12.5. The molecule has 0 aliphatic rings. The molecule has 0 radical (unpaired) electrons. The fraction of sp³-hybridized carbons (Fsp3) is 0.448. The normalized spacial score (nSPS) is 11.8. The summed E-state index contributed by atoms with van der Waals surface area (Å²) in [5.74, 6) is 0.404. The van der Waals surface area contributed by atoms with E-state index in [2.05, 4.69) is 68.6 Å². The summed E-state index contributed by atoms with van der Waals surface area (Å²) in [6.07, 6.45) is 1.87. The number of nitrogens with one attached hydrogen (secondary N) is 1. The molecule has 0 spiro atoms. The summed E-state index contributed by atoms with van der Waals surface area (Å²) in [5.41, 5.74) is 6.97. The summed E-state index contributed by atoms with van der Waals surface area (Å²) in [6, 6.07) is 14.8. The Hall–Kier alpha value is -2.92. The van der Waals surface area contributed by atoms with Crippen LogP contribution in [-0.2, 0) is 24.2 Å². The minimum absolute atomic E-state index is 0.150. The van der Waals surface area contributed by atoms with Gasteiger partial charge in [-0.1, -0.05) is 49.7 Å². The number of alkyl carbamates (subject to hydrolysis) is 1. The number of aliphatic hydroxyl groups is 1. The van der Waals surface area contributed by atoms with Crippen molar-refractivity contribution in [2.24, 2.45) is 5.92 Å². The first kappa shape index (κ1) is 25.7. The minimum atomic E-state index is -0.436. The van der Waals surface area contributed by atoms with Crippen molar-refractivity contribution in [2.45, 2.75) is 73.0 Å². The van der Waals surface area contributed by atoms with Crippen molar-refractivity contribution in [1.82, 2.24) is 10.3 Å². The average Bonchev–Trinajstić information content (AvgIpc) is 2.75. The van der Waals surface area contributed by atoms with Crippen LogP contribution in [0.4, 0.5) is 4.79 Å². The third-order valence-electron chi connectivity index (χ3n) is 5.63. The van der Waals surface area contributed by atoms with Crippen LogP contribution in [0.2, 0.25) is 0 Å². The second-order valence-electron chi connectivity index (χ2n) is 10.5. The first-order valence-corrected chi connectivity index (χ1v) is 12.1. The smallest absolute Gasteiger partial charge is 0.407 e. The number of pyridine rings is 1. The van der Waals surface area contributed by atoms with E-state index in [1.54, 1.807) is 0 Å². The van der Waals surface area contributed by atoms with E-state index in [4.69, 9.17) is 9.72 Å². The van der Waals surface area contributed by atoms with Gasteiger partial charge in [0.25, 0.3) is 0 Å². The number of aryl methyl sites for hydroxylation is 2. The highest BCUT2D eigenvalue weighted by atomic mass is 16.5. The molecule has 5 heteroatoms. The average molecular weight is 463 g/mol. The maximum Gasteiger partial charge on any atom is 0.407 e. The molecule has 3 aromatic rings. The molecule has 0 saturated heterocycles. The number of benzene rings is 2. The third-order valence-corrected chi connectivity index (χ3v) is 5.63. The molecule has 182 valence electrons. The predicted octanol–water partition coefficient (Wildman–Crippen LogP) is 6.36. The quantitative estimate of drug-likeness (QED) is 0.409. The monoisotopic (exact) mass is 462 g/mol. The number of carbonyl (C=O) groups excluding carboxylic acids is 1. The molecule has 2 aromatic carbocycles. The lowest BCUT2D eigenvalue weighted by Crippen LogP contribution is -2.40. The highest BCUT2D eigenvalue weighted by Crippen LogP contribution is 2.35. The SMILES string of the molecule is Cc1ccc(-c2c(COC(=O)NC(C)(C)C)c(CC(C)C)nc3ccc(CCCO)cc23)cc1. The lowest BCUT2D eigenvalue weighted by molar-refractivity contribution is 0.131. The molecule has 1 heterocycles. The zero-order valence-electron chi connectivity index (χ0n) is 21.4. The Kier molecular flexibility index (Phi) is 8.32. The number of hydrogen-bond donors (Lipinski definition) is 2. The second kappa shape index (κ2) is 11.0. The number of carbonyl (C=O) groups is 1. The molecular formula is C29H38N2O3. The van der Waals surface area contributed by atoms with Crippen LogP contribution >= 0.6 is 0 Å². The van der Waals surface area contributed by atoms with Crippen LogP contribution in [0.25, 0.3) is 22.0 Å². The zero-order valence-corrected chi connectivity index (χ0v) is 21.4. The number of aromatic nitrogens is 1. The molecule has 0 aliphatic heterocycles. The van der Waals surface area contributed by atoms with Gasteiger partial charge in [0.15, 0.2) is 0 Å². The van der Waals surface area contributed by atoms with E-state index in [1.165, 1.54) is 5.56 Å². The van der Waals surface area contributed by atoms with Gasteiger partial charge < -0.3 is 15.2 Å². The van der Waals surface area contributed by atoms with E-state index in [1.807, 2.05) is 20.8 Å². The Balaban J connectivity index is 2.19. The molecule has 0 aliphatic carbocycles. The zero-order chi connectivity index (χ0) is 24.9.